The number of anilines is 1. The molecule has 5 rings (SSSR count). The quantitative estimate of drug-likeness (QED) is 0.252. The summed E-state index contributed by atoms with van der Waals surface area (Å²) in [5.74, 6) is 0.469. The zero-order valence-corrected chi connectivity index (χ0v) is 20.2. The summed E-state index contributed by atoms with van der Waals surface area (Å²) in [6, 6.07) is 13.5. The number of nitrogens with one attached hydrogen (secondary N) is 1. The van der Waals surface area contributed by atoms with Gasteiger partial charge in [-0.25, -0.2) is 4.98 Å². The van der Waals surface area contributed by atoms with E-state index < -0.39 is 5.91 Å². The molecule has 4 aromatic heterocycles. The third-order valence-electron chi connectivity index (χ3n) is 4.72. The van der Waals surface area contributed by atoms with E-state index in [4.69, 9.17) is 9.15 Å². The van der Waals surface area contributed by atoms with Gasteiger partial charge in [0.2, 0.25) is 10.1 Å². The topological polar surface area (TPSA) is 148 Å². The van der Waals surface area contributed by atoms with E-state index >= 15 is 0 Å². The van der Waals surface area contributed by atoms with Crippen LogP contribution < -0.4 is 15.6 Å². The largest absolute Gasteiger partial charge is 0.487 e. The molecular weight excluding hydrogens is 502 g/mol. The number of furan rings is 1. The Bertz CT molecular complexity index is 1680. The van der Waals surface area contributed by atoms with Crippen molar-refractivity contribution in [2.75, 3.05) is 5.32 Å². The van der Waals surface area contributed by atoms with Gasteiger partial charge in [-0.15, -0.1) is 10.2 Å². The van der Waals surface area contributed by atoms with Gasteiger partial charge < -0.3 is 9.15 Å². The molecule has 4 heterocycles. The molecule has 178 valence electrons. The maximum atomic E-state index is 12.5. The molecule has 1 N–H and O–H groups in total. The molecular formula is C23H15N7O4S2. The number of amides is 1. The number of ether oxygens (including phenoxy) is 1. The molecule has 36 heavy (non-hydrogen) atoms. The summed E-state index contributed by atoms with van der Waals surface area (Å²) in [7, 11) is 0. The summed E-state index contributed by atoms with van der Waals surface area (Å²) < 4.78 is 12.3. The van der Waals surface area contributed by atoms with E-state index in [2.05, 4.69) is 25.6 Å². The highest BCUT2D eigenvalue weighted by atomic mass is 32.1. The standard InChI is InChI=1S/C23H15N7O4S2/c1-13-29-30-19(31)10-16(25-23(30)35-13)12-34-17-6-4-14(5-7-17)9-15(11-24)20(32)26-22-28-27-21(36-22)18-3-2-8-33-18/h2-10H,12H2,1H3,(H,26,28,32). The molecule has 0 bridgehead atoms. The van der Waals surface area contributed by atoms with Crippen LogP contribution in [0.2, 0.25) is 0 Å². The number of hydrogen-bond donors (Lipinski definition) is 1. The fourth-order valence-electron chi connectivity index (χ4n) is 3.10. The molecule has 1 aromatic carbocycles. The van der Waals surface area contributed by atoms with Crippen LogP contribution in [0.15, 0.2) is 63.5 Å². The number of hydrogen-bond acceptors (Lipinski definition) is 11. The smallest absolute Gasteiger partial charge is 0.275 e. The molecule has 0 unspecified atom stereocenters. The molecule has 0 saturated carbocycles. The minimum atomic E-state index is -0.606. The van der Waals surface area contributed by atoms with Crippen LogP contribution in [-0.2, 0) is 11.4 Å². The first-order valence-electron chi connectivity index (χ1n) is 10.4. The molecule has 0 saturated heterocycles. The Morgan fingerprint density at radius 2 is 2.08 bits per heavy atom. The lowest BCUT2D eigenvalue weighted by Gasteiger charge is -2.06. The van der Waals surface area contributed by atoms with Crippen molar-refractivity contribution in [3.05, 3.63) is 80.9 Å². The number of carbonyl (C=O) groups is 1. The molecule has 0 atom stereocenters. The maximum Gasteiger partial charge on any atom is 0.275 e. The monoisotopic (exact) mass is 517 g/mol. The van der Waals surface area contributed by atoms with Gasteiger partial charge in [-0.05, 0) is 42.8 Å². The number of fused-ring (bicyclic) bond motifs is 1. The molecule has 13 heteroatoms. The normalized spacial score (nSPS) is 11.4. The van der Waals surface area contributed by atoms with Crippen molar-refractivity contribution in [1.82, 2.24) is 24.8 Å². The minimum absolute atomic E-state index is 0.101. The molecule has 0 aliphatic rings. The molecule has 11 nitrogen and oxygen atoms in total. The summed E-state index contributed by atoms with van der Waals surface area (Å²) in [6.07, 6.45) is 2.97. The lowest BCUT2D eigenvalue weighted by Crippen LogP contribution is -2.16. The Morgan fingerprint density at radius 3 is 2.83 bits per heavy atom. The van der Waals surface area contributed by atoms with E-state index in [1.807, 2.05) is 6.07 Å². The average molecular weight is 518 g/mol. The van der Waals surface area contributed by atoms with Crippen LogP contribution in [0.3, 0.4) is 0 Å². The van der Waals surface area contributed by atoms with E-state index in [1.165, 1.54) is 34.3 Å². The van der Waals surface area contributed by atoms with Gasteiger partial charge >= 0.3 is 0 Å². The Balaban J connectivity index is 1.23. The second-order valence-electron chi connectivity index (χ2n) is 7.27. The van der Waals surface area contributed by atoms with Crippen molar-refractivity contribution >= 4 is 44.7 Å². The van der Waals surface area contributed by atoms with Crippen molar-refractivity contribution < 1.29 is 13.9 Å². The Kier molecular flexibility index (Phi) is 6.35. The number of aryl methyl sites for hydroxylation is 1. The Morgan fingerprint density at radius 1 is 1.25 bits per heavy atom. The van der Waals surface area contributed by atoms with Crippen molar-refractivity contribution in [3.8, 4) is 22.6 Å². The summed E-state index contributed by atoms with van der Waals surface area (Å²) in [6.45, 7) is 1.91. The highest BCUT2D eigenvalue weighted by Crippen LogP contribution is 2.27. The number of carbonyl (C=O) groups excluding carboxylic acids is 1. The summed E-state index contributed by atoms with van der Waals surface area (Å²) in [5, 5.41) is 25.5. The minimum Gasteiger partial charge on any atom is -0.487 e. The van der Waals surface area contributed by atoms with Crippen molar-refractivity contribution in [2.24, 2.45) is 0 Å². The van der Waals surface area contributed by atoms with E-state index in [9.17, 15) is 14.9 Å². The van der Waals surface area contributed by atoms with Gasteiger partial charge in [-0.3, -0.25) is 14.9 Å². The lowest BCUT2D eigenvalue weighted by molar-refractivity contribution is -0.112. The third-order valence-corrected chi connectivity index (χ3v) is 6.40. The van der Waals surface area contributed by atoms with Gasteiger partial charge in [-0.1, -0.05) is 34.8 Å². The molecule has 0 spiro atoms. The van der Waals surface area contributed by atoms with Gasteiger partial charge in [0.05, 0.1) is 12.0 Å². The van der Waals surface area contributed by atoms with E-state index in [1.54, 1.807) is 43.3 Å². The average Bonchev–Trinajstić information content (AvgIpc) is 3.63. The maximum absolute atomic E-state index is 12.5. The number of aromatic nitrogens is 5. The highest BCUT2D eigenvalue weighted by molar-refractivity contribution is 7.18. The highest BCUT2D eigenvalue weighted by Gasteiger charge is 2.15. The third kappa shape index (κ3) is 5.04. The summed E-state index contributed by atoms with van der Waals surface area (Å²) in [5.41, 5.74) is 0.746. The first-order valence-corrected chi connectivity index (χ1v) is 12.0. The predicted octanol–water partition coefficient (Wildman–Crippen LogP) is 3.70. The molecule has 0 aliphatic carbocycles. The predicted molar refractivity (Wildman–Crippen MR) is 132 cm³/mol. The van der Waals surface area contributed by atoms with Gasteiger partial charge in [0.15, 0.2) is 10.8 Å². The van der Waals surface area contributed by atoms with Crippen LogP contribution in [0.1, 0.15) is 16.3 Å². The van der Waals surface area contributed by atoms with Gasteiger partial charge in [0, 0.05) is 6.07 Å². The Hall–Kier alpha value is -4.67. The second-order valence-corrected chi connectivity index (χ2v) is 9.41. The van der Waals surface area contributed by atoms with Crippen LogP contribution in [0.25, 0.3) is 21.8 Å². The number of rotatable bonds is 7. The Labute approximate surface area is 211 Å². The van der Waals surface area contributed by atoms with Crippen LogP contribution >= 0.6 is 22.7 Å². The molecule has 1 amide bonds. The van der Waals surface area contributed by atoms with Gasteiger partial charge in [0.1, 0.15) is 29.0 Å². The van der Waals surface area contributed by atoms with Crippen LogP contribution in [0.5, 0.6) is 5.75 Å². The number of benzene rings is 1. The summed E-state index contributed by atoms with van der Waals surface area (Å²) >= 11 is 2.46. The van der Waals surface area contributed by atoms with E-state index in [0.29, 0.717) is 32.7 Å². The first kappa shape index (κ1) is 23.1. The van der Waals surface area contributed by atoms with Crippen molar-refractivity contribution in [1.29, 1.82) is 5.26 Å². The number of nitriles is 1. The lowest BCUT2D eigenvalue weighted by atomic mass is 10.1. The second kappa shape index (κ2) is 9.90. The van der Waals surface area contributed by atoms with Gasteiger partial charge in [0.25, 0.3) is 11.5 Å². The molecule has 0 radical (unpaired) electrons. The SMILES string of the molecule is Cc1nn2c(=O)cc(COc3ccc(C=C(C#N)C(=O)Nc4nnc(-c5ccco5)s4)cc3)nc2s1. The van der Waals surface area contributed by atoms with Crippen LogP contribution in [0, 0.1) is 18.3 Å². The van der Waals surface area contributed by atoms with Crippen LogP contribution in [0.4, 0.5) is 5.13 Å². The zero-order chi connectivity index (χ0) is 25.1. The fraction of sp³-hybridized carbons (Fsp3) is 0.0870. The fourth-order valence-corrected chi connectivity index (χ4v) is 4.57. The van der Waals surface area contributed by atoms with Crippen LogP contribution in [-0.4, -0.2) is 30.7 Å². The molecule has 0 aliphatic heterocycles. The van der Waals surface area contributed by atoms with Crippen molar-refractivity contribution in [2.45, 2.75) is 13.5 Å². The molecule has 0 fully saturated rings. The van der Waals surface area contributed by atoms with Gasteiger partial charge in [-0.2, -0.15) is 14.9 Å². The summed E-state index contributed by atoms with van der Waals surface area (Å²) in [4.78, 5) is 29.6. The zero-order valence-electron chi connectivity index (χ0n) is 18.5. The number of nitrogens with zero attached hydrogens (tertiary/aromatic N) is 6. The van der Waals surface area contributed by atoms with Crippen molar-refractivity contribution in [3.63, 3.8) is 0 Å². The van der Waals surface area contributed by atoms with E-state index in [-0.39, 0.29) is 22.9 Å². The van der Waals surface area contributed by atoms with E-state index in [0.717, 1.165) is 16.3 Å². The first-order chi connectivity index (χ1) is 17.5. The molecule has 5 aromatic rings.